The zero-order valence-electron chi connectivity index (χ0n) is 20.5. The van der Waals surface area contributed by atoms with Gasteiger partial charge in [-0.2, -0.15) is 0 Å². The first-order chi connectivity index (χ1) is 15.6. The molecule has 3 rings (SSSR count). The molecule has 0 N–H and O–H groups in total. The summed E-state index contributed by atoms with van der Waals surface area (Å²) in [5, 5.41) is 3.89. The average molecular weight is 470 g/mol. The van der Waals surface area contributed by atoms with Crippen LogP contribution in [0.1, 0.15) is 44.0 Å². The largest absolute Gasteiger partial charge is 0.464 e. The van der Waals surface area contributed by atoms with Gasteiger partial charge in [-0.15, -0.1) is 11.3 Å². The van der Waals surface area contributed by atoms with Crippen LogP contribution >= 0.6 is 11.3 Å². The third kappa shape index (κ3) is 6.67. The lowest BCUT2D eigenvalue weighted by Crippen LogP contribution is -2.47. The van der Waals surface area contributed by atoms with Crippen LogP contribution in [0.4, 0.5) is 0 Å². The van der Waals surface area contributed by atoms with Gasteiger partial charge < -0.3 is 14.2 Å². The molecule has 2 aromatic heterocycles. The Bertz CT molecular complexity index is 1080. The van der Waals surface area contributed by atoms with Crippen molar-refractivity contribution in [3.05, 3.63) is 52.2 Å². The van der Waals surface area contributed by atoms with Gasteiger partial charge in [0.05, 0.1) is 17.0 Å². The minimum absolute atomic E-state index is 0.106. The van der Waals surface area contributed by atoms with E-state index in [4.69, 9.17) is 4.42 Å². The predicted octanol–water partition coefficient (Wildman–Crippen LogP) is 5.16. The molecule has 0 saturated carbocycles. The number of carbonyl (C=O) groups is 2. The van der Waals surface area contributed by atoms with E-state index in [1.807, 2.05) is 41.5 Å². The Morgan fingerprint density at radius 3 is 2.36 bits per heavy atom. The van der Waals surface area contributed by atoms with Gasteiger partial charge in [0.2, 0.25) is 11.8 Å². The zero-order chi connectivity index (χ0) is 24.1. The minimum Gasteiger partial charge on any atom is -0.464 e. The number of furan rings is 1. The van der Waals surface area contributed by atoms with E-state index < -0.39 is 5.92 Å². The molecule has 178 valence electrons. The molecule has 0 fully saturated rings. The van der Waals surface area contributed by atoms with Crippen LogP contribution in [-0.2, 0) is 22.6 Å². The molecule has 3 aromatic rings. The Hall–Kier alpha value is -2.67. The fourth-order valence-corrected chi connectivity index (χ4v) is 4.71. The normalized spacial score (nSPS) is 12.5. The molecule has 0 aliphatic carbocycles. The number of fused-ring (bicyclic) bond motifs is 1. The van der Waals surface area contributed by atoms with Crippen LogP contribution in [0.3, 0.4) is 0 Å². The first-order valence-corrected chi connectivity index (χ1v) is 12.4. The smallest absolute Gasteiger partial charge is 0.235 e. The van der Waals surface area contributed by atoms with Crippen molar-refractivity contribution in [1.82, 2.24) is 14.8 Å². The van der Waals surface area contributed by atoms with Gasteiger partial charge in [-0.3, -0.25) is 9.59 Å². The molecule has 0 spiro atoms. The highest BCUT2D eigenvalue weighted by molar-refractivity contribution is 7.09. The number of rotatable bonds is 10. The molecule has 0 radical (unpaired) electrons. The van der Waals surface area contributed by atoms with Gasteiger partial charge in [0, 0.05) is 43.9 Å². The molecule has 2 heterocycles. The summed E-state index contributed by atoms with van der Waals surface area (Å²) in [6.07, 6.45) is 1.98. The first kappa shape index (κ1) is 25.0. The van der Waals surface area contributed by atoms with E-state index >= 15 is 0 Å². The molecule has 6 nitrogen and oxygen atoms in total. The number of aromatic nitrogens is 1. The molecule has 0 saturated heterocycles. The molecule has 1 atom stereocenters. The number of hydrogen-bond donors (Lipinski definition) is 0. The van der Waals surface area contributed by atoms with Gasteiger partial charge in [0.25, 0.3) is 0 Å². The Morgan fingerprint density at radius 1 is 1.06 bits per heavy atom. The highest BCUT2D eigenvalue weighted by Gasteiger charge is 2.34. The number of aryl methyl sites for hydroxylation is 1. The van der Waals surface area contributed by atoms with Crippen LogP contribution in [0.2, 0.25) is 0 Å². The highest BCUT2D eigenvalue weighted by Crippen LogP contribution is 2.21. The number of carbonyl (C=O) groups excluding carboxylic acids is 2. The van der Waals surface area contributed by atoms with E-state index in [0.29, 0.717) is 37.9 Å². The van der Waals surface area contributed by atoms with Crippen LogP contribution < -0.4 is 0 Å². The van der Waals surface area contributed by atoms with Crippen molar-refractivity contribution in [3.8, 4) is 0 Å². The van der Waals surface area contributed by atoms with Crippen molar-refractivity contribution in [2.75, 3.05) is 20.1 Å². The summed E-state index contributed by atoms with van der Waals surface area (Å²) < 4.78 is 5.42. The van der Waals surface area contributed by atoms with Crippen molar-refractivity contribution in [1.29, 1.82) is 0 Å². The maximum absolute atomic E-state index is 13.7. The van der Waals surface area contributed by atoms with Crippen molar-refractivity contribution in [3.63, 3.8) is 0 Å². The first-order valence-electron chi connectivity index (χ1n) is 11.5. The van der Waals surface area contributed by atoms with E-state index in [1.165, 1.54) is 0 Å². The topological polar surface area (TPSA) is 66.7 Å². The second-order valence-electron chi connectivity index (χ2n) is 9.63. The molecule has 7 heteroatoms. The lowest BCUT2D eigenvalue weighted by molar-refractivity contribution is -0.147. The van der Waals surface area contributed by atoms with Crippen LogP contribution in [0, 0.1) is 24.7 Å². The molecular weight excluding hydrogens is 434 g/mol. The van der Waals surface area contributed by atoms with Crippen molar-refractivity contribution in [2.24, 2.45) is 17.8 Å². The molecule has 0 aliphatic rings. The van der Waals surface area contributed by atoms with Gasteiger partial charge in [-0.1, -0.05) is 33.8 Å². The Kier molecular flexibility index (Phi) is 8.30. The van der Waals surface area contributed by atoms with Crippen LogP contribution in [-0.4, -0.2) is 46.7 Å². The summed E-state index contributed by atoms with van der Waals surface area (Å²) in [5.41, 5.74) is 2.61. The standard InChI is InChI=1S/C26H35N3O3S/c1-17(2)13-29(14-18(3)4)26(31)23(12-22-16-33-19(5)27-22)25(30)28(6)15-20-7-8-24-21(11-20)9-10-32-24/h7-11,16-18,23H,12-15H2,1-6H3. The fourth-order valence-electron chi connectivity index (χ4n) is 4.08. The Morgan fingerprint density at radius 2 is 1.76 bits per heavy atom. The third-order valence-corrected chi connectivity index (χ3v) is 6.29. The van der Waals surface area contributed by atoms with Crippen molar-refractivity contribution < 1.29 is 14.0 Å². The van der Waals surface area contributed by atoms with Gasteiger partial charge in [0.15, 0.2) is 0 Å². The quantitative estimate of drug-likeness (QED) is 0.385. The maximum atomic E-state index is 13.7. The molecule has 2 amide bonds. The van der Waals surface area contributed by atoms with Crippen LogP contribution in [0.15, 0.2) is 40.3 Å². The lowest BCUT2D eigenvalue weighted by Gasteiger charge is -2.31. The van der Waals surface area contributed by atoms with E-state index in [2.05, 4.69) is 32.7 Å². The molecular formula is C26H35N3O3S. The number of amides is 2. The van der Waals surface area contributed by atoms with Gasteiger partial charge in [-0.25, -0.2) is 4.98 Å². The average Bonchev–Trinajstić information content (AvgIpc) is 3.38. The summed E-state index contributed by atoms with van der Waals surface area (Å²) in [6.45, 7) is 12.0. The van der Waals surface area contributed by atoms with E-state index in [0.717, 1.165) is 27.2 Å². The molecule has 1 aromatic carbocycles. The van der Waals surface area contributed by atoms with Crippen molar-refractivity contribution in [2.45, 2.75) is 47.6 Å². The van der Waals surface area contributed by atoms with E-state index in [9.17, 15) is 9.59 Å². The fraction of sp³-hybridized carbons (Fsp3) is 0.500. The lowest BCUT2D eigenvalue weighted by atomic mass is 9.98. The highest BCUT2D eigenvalue weighted by atomic mass is 32.1. The monoisotopic (exact) mass is 469 g/mol. The van der Waals surface area contributed by atoms with Crippen molar-refractivity contribution >= 4 is 34.1 Å². The molecule has 0 aliphatic heterocycles. The second kappa shape index (κ2) is 11.0. The van der Waals surface area contributed by atoms with Gasteiger partial charge in [0.1, 0.15) is 11.5 Å². The summed E-state index contributed by atoms with van der Waals surface area (Å²) in [5.74, 6) is -0.416. The Balaban J connectivity index is 1.84. The minimum atomic E-state index is -0.786. The SMILES string of the molecule is Cc1nc(CC(C(=O)N(C)Cc2ccc3occc3c2)C(=O)N(CC(C)C)CC(C)C)cs1. The number of thiazole rings is 1. The summed E-state index contributed by atoms with van der Waals surface area (Å²) in [6, 6.07) is 7.80. The van der Waals surface area contributed by atoms with Crippen LogP contribution in [0.25, 0.3) is 11.0 Å². The number of benzene rings is 1. The number of hydrogen-bond acceptors (Lipinski definition) is 5. The summed E-state index contributed by atoms with van der Waals surface area (Å²) in [7, 11) is 1.77. The van der Waals surface area contributed by atoms with Crippen LogP contribution in [0.5, 0.6) is 0 Å². The molecule has 33 heavy (non-hydrogen) atoms. The maximum Gasteiger partial charge on any atom is 0.235 e. The summed E-state index contributed by atoms with van der Waals surface area (Å²) in [4.78, 5) is 35.4. The van der Waals surface area contributed by atoms with Gasteiger partial charge in [-0.05, 0) is 42.5 Å². The third-order valence-electron chi connectivity index (χ3n) is 5.47. The zero-order valence-corrected chi connectivity index (χ0v) is 21.3. The predicted molar refractivity (Wildman–Crippen MR) is 133 cm³/mol. The van der Waals surface area contributed by atoms with Gasteiger partial charge >= 0.3 is 0 Å². The van der Waals surface area contributed by atoms with E-state index in [1.54, 1.807) is 29.5 Å². The Labute approximate surface area is 200 Å². The molecule has 1 unspecified atom stereocenters. The number of nitrogens with zero attached hydrogens (tertiary/aromatic N) is 3. The van der Waals surface area contributed by atoms with E-state index in [-0.39, 0.29) is 11.8 Å². The molecule has 0 bridgehead atoms. The summed E-state index contributed by atoms with van der Waals surface area (Å²) >= 11 is 1.54. The second-order valence-corrected chi connectivity index (χ2v) is 10.7.